The Balaban J connectivity index is 2.28. The first kappa shape index (κ1) is 17.0. The van der Waals surface area contributed by atoms with E-state index in [2.05, 4.69) is 11.7 Å². The van der Waals surface area contributed by atoms with E-state index in [0.29, 0.717) is 17.4 Å². The van der Waals surface area contributed by atoms with Crippen LogP contribution in [0, 0.1) is 0 Å². The number of ether oxygens (including phenoxy) is 2. The van der Waals surface area contributed by atoms with E-state index in [-0.39, 0.29) is 18.0 Å². The van der Waals surface area contributed by atoms with Crippen LogP contribution in [0.4, 0.5) is 0 Å². The molecule has 0 bridgehead atoms. The molecule has 0 spiro atoms. The third kappa shape index (κ3) is 3.91. The van der Waals surface area contributed by atoms with Crippen molar-refractivity contribution in [1.82, 2.24) is 9.46 Å². The van der Waals surface area contributed by atoms with Gasteiger partial charge in [0.1, 0.15) is 5.75 Å². The van der Waals surface area contributed by atoms with Crippen LogP contribution in [0.25, 0.3) is 0 Å². The first-order valence-corrected chi connectivity index (χ1v) is 8.20. The van der Waals surface area contributed by atoms with Gasteiger partial charge in [0.05, 0.1) is 25.7 Å². The fourth-order valence-electron chi connectivity index (χ4n) is 1.93. The summed E-state index contributed by atoms with van der Waals surface area (Å²) in [6.07, 6.45) is 1.51. The second-order valence-corrected chi connectivity index (χ2v) is 6.54. The Morgan fingerprint density at radius 1 is 1.26 bits per heavy atom. The molecule has 0 aliphatic heterocycles. The zero-order valence-electron chi connectivity index (χ0n) is 12.9. The van der Waals surface area contributed by atoms with Crippen molar-refractivity contribution in [3.63, 3.8) is 0 Å². The Morgan fingerprint density at radius 2 is 1.96 bits per heavy atom. The molecule has 0 aliphatic carbocycles. The number of benzene rings is 1. The van der Waals surface area contributed by atoms with Crippen molar-refractivity contribution in [2.24, 2.45) is 0 Å². The fourth-order valence-corrected chi connectivity index (χ4v) is 3.30. The van der Waals surface area contributed by atoms with Gasteiger partial charge in [0.25, 0.3) is 5.88 Å². The zero-order chi connectivity index (χ0) is 16.9. The Bertz CT molecular complexity index is 752. The van der Waals surface area contributed by atoms with E-state index in [1.165, 1.54) is 36.7 Å². The second-order valence-electron chi connectivity index (χ2n) is 4.60. The highest BCUT2D eigenvalue weighted by Gasteiger charge is 2.25. The summed E-state index contributed by atoms with van der Waals surface area (Å²) in [6.45, 7) is 3.76. The van der Waals surface area contributed by atoms with E-state index in [1.54, 1.807) is 18.2 Å². The Hall–Kier alpha value is -2.32. The monoisotopic (exact) mass is 338 g/mol. The van der Waals surface area contributed by atoms with E-state index in [4.69, 9.17) is 14.0 Å². The number of hydrogen-bond acceptors (Lipinski definition) is 6. The highest BCUT2D eigenvalue weighted by atomic mass is 32.2. The van der Waals surface area contributed by atoms with Gasteiger partial charge in [-0.3, -0.25) is 0 Å². The van der Waals surface area contributed by atoms with Crippen LogP contribution < -0.4 is 9.47 Å². The highest BCUT2D eigenvalue weighted by Crippen LogP contribution is 2.22. The summed E-state index contributed by atoms with van der Waals surface area (Å²) in [4.78, 5) is 0.159. The minimum absolute atomic E-state index is 0.0245. The molecule has 23 heavy (non-hydrogen) atoms. The van der Waals surface area contributed by atoms with Crippen LogP contribution in [0.2, 0.25) is 0 Å². The van der Waals surface area contributed by atoms with Crippen LogP contribution in [0.5, 0.6) is 11.6 Å². The van der Waals surface area contributed by atoms with Crippen LogP contribution in [0.15, 0.2) is 52.4 Å². The molecule has 0 aliphatic rings. The predicted octanol–water partition coefficient (Wildman–Crippen LogP) is 2.07. The third-order valence-corrected chi connectivity index (χ3v) is 4.93. The summed E-state index contributed by atoms with van der Waals surface area (Å²) in [6, 6.07) is 7.71. The van der Waals surface area contributed by atoms with Crippen molar-refractivity contribution < 1.29 is 22.4 Å². The maximum Gasteiger partial charge on any atom is 0.254 e. The van der Waals surface area contributed by atoms with Gasteiger partial charge in [-0.05, 0) is 29.4 Å². The number of sulfonamides is 1. The molecule has 0 amide bonds. The van der Waals surface area contributed by atoms with Crippen LogP contribution in [-0.2, 0) is 16.6 Å². The van der Waals surface area contributed by atoms with Crippen molar-refractivity contribution >= 4 is 10.0 Å². The zero-order valence-corrected chi connectivity index (χ0v) is 13.7. The number of rotatable bonds is 8. The van der Waals surface area contributed by atoms with Crippen LogP contribution in [0.3, 0.4) is 0 Å². The molecule has 0 unspecified atom stereocenters. The second kappa shape index (κ2) is 7.30. The molecule has 7 nitrogen and oxygen atoms in total. The average Bonchev–Trinajstić information content (AvgIpc) is 3.02. The SMILES string of the molecule is C=CCN(Cc1cc(OC)no1)S(=O)(=O)c1ccc(OC)cc1. The summed E-state index contributed by atoms with van der Waals surface area (Å²) in [5.74, 6) is 1.25. The average molecular weight is 338 g/mol. The maximum absolute atomic E-state index is 12.7. The molecule has 1 aromatic carbocycles. The van der Waals surface area contributed by atoms with E-state index < -0.39 is 10.0 Å². The lowest BCUT2D eigenvalue weighted by molar-refractivity contribution is 0.307. The Labute approximate surface area is 135 Å². The largest absolute Gasteiger partial charge is 0.497 e. The highest BCUT2D eigenvalue weighted by molar-refractivity contribution is 7.89. The van der Waals surface area contributed by atoms with Crippen LogP contribution in [-0.4, -0.2) is 38.6 Å². The van der Waals surface area contributed by atoms with E-state index in [9.17, 15) is 8.42 Å². The van der Waals surface area contributed by atoms with E-state index in [1.807, 2.05) is 0 Å². The minimum Gasteiger partial charge on any atom is -0.497 e. The van der Waals surface area contributed by atoms with Crippen molar-refractivity contribution in [2.45, 2.75) is 11.4 Å². The van der Waals surface area contributed by atoms with Gasteiger partial charge >= 0.3 is 0 Å². The first-order chi connectivity index (χ1) is 11.0. The number of hydrogen-bond donors (Lipinski definition) is 0. The molecule has 2 rings (SSSR count). The number of nitrogens with zero attached hydrogens (tertiary/aromatic N) is 2. The Morgan fingerprint density at radius 3 is 2.48 bits per heavy atom. The van der Waals surface area contributed by atoms with E-state index in [0.717, 1.165) is 0 Å². The van der Waals surface area contributed by atoms with Gasteiger partial charge in [-0.25, -0.2) is 8.42 Å². The molecule has 0 saturated heterocycles. The topological polar surface area (TPSA) is 81.9 Å². The van der Waals surface area contributed by atoms with E-state index >= 15 is 0 Å². The summed E-state index contributed by atoms with van der Waals surface area (Å²) >= 11 is 0. The smallest absolute Gasteiger partial charge is 0.254 e. The van der Waals surface area contributed by atoms with Gasteiger partial charge in [-0.2, -0.15) is 4.31 Å². The van der Waals surface area contributed by atoms with Gasteiger partial charge in [-0.15, -0.1) is 6.58 Å². The minimum atomic E-state index is -3.71. The van der Waals surface area contributed by atoms with Gasteiger partial charge < -0.3 is 14.0 Å². The molecule has 0 fully saturated rings. The molecule has 1 heterocycles. The lowest BCUT2D eigenvalue weighted by Gasteiger charge is -2.19. The maximum atomic E-state index is 12.7. The van der Waals surface area contributed by atoms with Gasteiger partial charge in [0, 0.05) is 12.6 Å². The van der Waals surface area contributed by atoms with Gasteiger partial charge in [0.2, 0.25) is 10.0 Å². The molecule has 124 valence electrons. The standard InChI is InChI=1S/C15H18N2O5S/c1-4-9-17(11-13-10-15(21-3)16-22-13)23(18,19)14-7-5-12(20-2)6-8-14/h4-8,10H,1,9,11H2,2-3H3. The molecule has 1 aromatic heterocycles. The summed E-state index contributed by atoms with van der Waals surface area (Å²) < 4.78 is 41.8. The lowest BCUT2D eigenvalue weighted by atomic mass is 10.3. The summed E-state index contributed by atoms with van der Waals surface area (Å²) in [7, 11) is -0.732. The van der Waals surface area contributed by atoms with Crippen molar-refractivity contribution in [2.75, 3.05) is 20.8 Å². The summed E-state index contributed by atoms with van der Waals surface area (Å²) in [5, 5.41) is 3.66. The molecule has 0 atom stereocenters. The van der Waals surface area contributed by atoms with Crippen LogP contribution >= 0.6 is 0 Å². The Kier molecular flexibility index (Phi) is 5.41. The molecule has 0 N–H and O–H groups in total. The normalized spacial score (nSPS) is 11.4. The number of aromatic nitrogens is 1. The van der Waals surface area contributed by atoms with Gasteiger partial charge in [-0.1, -0.05) is 6.08 Å². The number of methoxy groups -OCH3 is 2. The molecule has 8 heteroatoms. The third-order valence-electron chi connectivity index (χ3n) is 3.11. The first-order valence-electron chi connectivity index (χ1n) is 6.76. The molecule has 0 saturated carbocycles. The quantitative estimate of drug-likeness (QED) is 0.685. The van der Waals surface area contributed by atoms with Crippen molar-refractivity contribution in [3.05, 3.63) is 48.7 Å². The van der Waals surface area contributed by atoms with Crippen molar-refractivity contribution in [1.29, 1.82) is 0 Å². The molecule has 0 radical (unpaired) electrons. The fraction of sp³-hybridized carbons (Fsp3) is 0.267. The summed E-state index contributed by atoms with van der Waals surface area (Å²) in [5.41, 5.74) is 0. The molecular weight excluding hydrogens is 320 g/mol. The van der Waals surface area contributed by atoms with Gasteiger partial charge in [0.15, 0.2) is 5.76 Å². The molecular formula is C15H18N2O5S. The molecule has 2 aromatic rings. The lowest BCUT2D eigenvalue weighted by Crippen LogP contribution is -2.30. The van der Waals surface area contributed by atoms with Crippen molar-refractivity contribution in [3.8, 4) is 11.6 Å². The predicted molar refractivity (Wildman–Crippen MR) is 83.8 cm³/mol. The van der Waals surface area contributed by atoms with Crippen LogP contribution in [0.1, 0.15) is 5.76 Å².